The first-order chi connectivity index (χ1) is 14.2. The van der Waals surface area contributed by atoms with E-state index in [1.54, 1.807) is 13.1 Å². The minimum atomic E-state index is -5.08. The normalized spacial score (nSPS) is 19.9. The van der Waals surface area contributed by atoms with Crippen LogP contribution in [0, 0.1) is 0 Å². The number of fused-ring (bicyclic) bond motifs is 1. The lowest BCUT2D eigenvalue weighted by Gasteiger charge is -2.33. The van der Waals surface area contributed by atoms with Crippen LogP contribution in [0.4, 0.5) is 13.2 Å². The van der Waals surface area contributed by atoms with Crippen LogP contribution >= 0.6 is 0 Å². The number of alkyl halides is 3. The standard InChI is InChI=1S/C14H24N4O4S2.C2HF3O2/c1-2-23(19,20)8-7-17-10-12-5-6-15-18(12)13(11-17)9-16-24(21,22)14-3-4-14;3-2(4,5)1(6)7/h5-6,13-14,16H,2-4,7-11H2,1H3;(H,6,7). The van der Waals surface area contributed by atoms with Gasteiger partial charge in [0.25, 0.3) is 0 Å². The van der Waals surface area contributed by atoms with Gasteiger partial charge in [-0.25, -0.2) is 26.4 Å². The summed E-state index contributed by atoms with van der Waals surface area (Å²) in [6.45, 7) is 3.60. The van der Waals surface area contributed by atoms with E-state index in [9.17, 15) is 30.0 Å². The monoisotopic (exact) mass is 490 g/mol. The van der Waals surface area contributed by atoms with E-state index >= 15 is 0 Å². The van der Waals surface area contributed by atoms with E-state index in [0.29, 0.717) is 19.6 Å². The Morgan fingerprint density at radius 1 is 1.29 bits per heavy atom. The van der Waals surface area contributed by atoms with Gasteiger partial charge in [0.05, 0.1) is 22.7 Å². The molecule has 1 saturated carbocycles. The van der Waals surface area contributed by atoms with Crippen molar-refractivity contribution in [1.29, 1.82) is 0 Å². The van der Waals surface area contributed by atoms with Crippen LogP contribution in [0.3, 0.4) is 0 Å². The van der Waals surface area contributed by atoms with Gasteiger partial charge in [-0.1, -0.05) is 6.92 Å². The smallest absolute Gasteiger partial charge is 0.475 e. The van der Waals surface area contributed by atoms with Crippen LogP contribution in [0.5, 0.6) is 0 Å². The van der Waals surface area contributed by atoms with Crippen molar-refractivity contribution in [2.75, 3.05) is 31.1 Å². The molecule has 2 N–H and O–H groups in total. The van der Waals surface area contributed by atoms with Crippen molar-refractivity contribution in [1.82, 2.24) is 19.4 Å². The molecule has 1 aromatic heterocycles. The Kier molecular flexibility index (Phi) is 8.10. The Morgan fingerprint density at radius 3 is 2.42 bits per heavy atom. The van der Waals surface area contributed by atoms with Gasteiger partial charge in [-0.2, -0.15) is 18.3 Å². The number of carbonyl (C=O) groups is 1. The second-order valence-electron chi connectivity index (χ2n) is 7.29. The number of hydrogen-bond acceptors (Lipinski definition) is 7. The molecule has 10 nitrogen and oxygen atoms in total. The van der Waals surface area contributed by atoms with Crippen LogP contribution in [0.25, 0.3) is 0 Å². The molecule has 0 bridgehead atoms. The van der Waals surface area contributed by atoms with Gasteiger partial charge in [-0.3, -0.25) is 9.58 Å². The summed E-state index contributed by atoms with van der Waals surface area (Å²) in [7, 11) is -6.25. The number of sulfonamides is 1. The number of rotatable bonds is 8. The zero-order chi connectivity index (χ0) is 23.4. The van der Waals surface area contributed by atoms with Gasteiger partial charge in [0.1, 0.15) is 0 Å². The number of aliphatic carboxylic acids is 1. The third-order valence-electron chi connectivity index (χ3n) is 4.84. The Labute approximate surface area is 178 Å². The molecule has 31 heavy (non-hydrogen) atoms. The predicted octanol–water partition coefficient (Wildman–Crippen LogP) is 0.390. The quantitative estimate of drug-likeness (QED) is 0.534. The maximum Gasteiger partial charge on any atom is 0.490 e. The number of hydrogen-bond donors (Lipinski definition) is 2. The third-order valence-corrected chi connectivity index (χ3v) is 8.44. The molecule has 0 saturated heterocycles. The first-order valence-electron chi connectivity index (χ1n) is 9.49. The van der Waals surface area contributed by atoms with Gasteiger partial charge >= 0.3 is 12.1 Å². The number of nitrogens with one attached hydrogen (secondary N) is 1. The summed E-state index contributed by atoms with van der Waals surface area (Å²) in [5.41, 5.74) is 0.978. The maximum atomic E-state index is 12.0. The van der Waals surface area contributed by atoms with E-state index in [0.717, 1.165) is 18.5 Å². The molecule has 1 atom stereocenters. The van der Waals surface area contributed by atoms with Crippen molar-refractivity contribution >= 4 is 25.8 Å². The van der Waals surface area contributed by atoms with E-state index in [2.05, 4.69) is 14.7 Å². The van der Waals surface area contributed by atoms with Gasteiger partial charge in [0, 0.05) is 38.1 Å². The molecule has 178 valence electrons. The van der Waals surface area contributed by atoms with Crippen LogP contribution in [0.1, 0.15) is 31.5 Å². The van der Waals surface area contributed by atoms with Crippen LogP contribution in [-0.2, 0) is 31.2 Å². The molecule has 15 heteroatoms. The number of nitrogens with zero attached hydrogens (tertiary/aromatic N) is 3. The van der Waals surface area contributed by atoms with Crippen LogP contribution in [0.15, 0.2) is 12.3 Å². The minimum absolute atomic E-state index is 0.123. The highest BCUT2D eigenvalue weighted by Crippen LogP contribution is 2.28. The molecule has 3 rings (SSSR count). The SMILES string of the molecule is CCS(=O)(=O)CCN1Cc2ccnn2C(CNS(=O)(=O)C2CC2)C1.O=C(O)C(F)(F)F. The maximum absolute atomic E-state index is 12.0. The average Bonchev–Trinajstić information content (AvgIpc) is 3.44. The third kappa shape index (κ3) is 7.73. The van der Waals surface area contributed by atoms with Crippen molar-refractivity contribution in [3.05, 3.63) is 18.0 Å². The van der Waals surface area contributed by atoms with E-state index in [1.165, 1.54) is 0 Å². The molecule has 0 spiro atoms. The van der Waals surface area contributed by atoms with Crippen molar-refractivity contribution in [3.8, 4) is 0 Å². The van der Waals surface area contributed by atoms with Crippen LogP contribution < -0.4 is 4.72 Å². The van der Waals surface area contributed by atoms with Crippen molar-refractivity contribution < 1.29 is 39.9 Å². The molecule has 1 aliphatic heterocycles. The zero-order valence-electron chi connectivity index (χ0n) is 16.7. The Morgan fingerprint density at radius 2 is 1.90 bits per heavy atom. The number of sulfone groups is 1. The fourth-order valence-electron chi connectivity index (χ4n) is 2.91. The molecule has 2 aliphatic rings. The summed E-state index contributed by atoms with van der Waals surface area (Å²) in [4.78, 5) is 11.0. The molecule has 1 fully saturated rings. The summed E-state index contributed by atoms with van der Waals surface area (Å²) in [6.07, 6.45) is -1.92. The van der Waals surface area contributed by atoms with Gasteiger partial charge in [-0.15, -0.1) is 0 Å². The minimum Gasteiger partial charge on any atom is -0.475 e. The Balaban J connectivity index is 0.000000423. The molecule has 0 aromatic carbocycles. The zero-order valence-corrected chi connectivity index (χ0v) is 18.4. The lowest BCUT2D eigenvalue weighted by atomic mass is 10.2. The molecule has 0 radical (unpaired) electrons. The molecule has 1 aliphatic carbocycles. The van der Waals surface area contributed by atoms with Crippen molar-refractivity contribution in [2.45, 2.75) is 43.8 Å². The second kappa shape index (κ2) is 9.83. The van der Waals surface area contributed by atoms with Gasteiger partial charge in [0.15, 0.2) is 9.84 Å². The van der Waals surface area contributed by atoms with Gasteiger partial charge in [-0.05, 0) is 18.9 Å². The summed E-state index contributed by atoms with van der Waals surface area (Å²) in [5, 5.41) is 11.2. The molecule has 2 heterocycles. The number of aromatic nitrogens is 2. The van der Waals surface area contributed by atoms with Crippen LogP contribution in [0.2, 0.25) is 0 Å². The van der Waals surface area contributed by atoms with Gasteiger partial charge in [0.2, 0.25) is 10.0 Å². The number of carboxylic acid groups (broad SMARTS) is 1. The molecular formula is C16H25F3N4O6S2. The molecule has 0 amide bonds. The van der Waals surface area contributed by atoms with Crippen molar-refractivity contribution in [2.24, 2.45) is 0 Å². The highest BCUT2D eigenvalue weighted by atomic mass is 32.2. The molecule has 1 aromatic rings. The Hall–Kier alpha value is -1.71. The highest BCUT2D eigenvalue weighted by Gasteiger charge is 2.38. The summed E-state index contributed by atoms with van der Waals surface area (Å²) >= 11 is 0. The van der Waals surface area contributed by atoms with Gasteiger partial charge < -0.3 is 5.11 Å². The van der Waals surface area contributed by atoms with E-state index in [1.807, 2.05) is 10.7 Å². The molecular weight excluding hydrogens is 465 g/mol. The second-order valence-corrected chi connectivity index (χ2v) is 11.8. The first kappa shape index (κ1) is 25.5. The average molecular weight is 491 g/mol. The fraction of sp³-hybridized carbons (Fsp3) is 0.750. The predicted molar refractivity (Wildman–Crippen MR) is 105 cm³/mol. The van der Waals surface area contributed by atoms with Crippen LogP contribution in [-0.4, -0.2) is 85.2 Å². The van der Waals surface area contributed by atoms with E-state index in [-0.39, 0.29) is 29.3 Å². The summed E-state index contributed by atoms with van der Waals surface area (Å²) in [6, 6.07) is 1.77. The van der Waals surface area contributed by atoms with E-state index in [4.69, 9.17) is 9.90 Å². The highest BCUT2D eigenvalue weighted by molar-refractivity contribution is 7.91. The first-order valence-corrected chi connectivity index (χ1v) is 12.9. The number of halogens is 3. The topological polar surface area (TPSA) is 139 Å². The Bertz CT molecular complexity index is 974. The largest absolute Gasteiger partial charge is 0.490 e. The fourth-order valence-corrected chi connectivity index (χ4v) is 5.15. The number of carboxylic acids is 1. The molecule has 1 unspecified atom stereocenters. The van der Waals surface area contributed by atoms with E-state index < -0.39 is 32.0 Å². The van der Waals surface area contributed by atoms with Crippen molar-refractivity contribution in [3.63, 3.8) is 0 Å². The summed E-state index contributed by atoms with van der Waals surface area (Å²) < 4.78 is 83.8. The lowest BCUT2D eigenvalue weighted by molar-refractivity contribution is -0.192. The lowest BCUT2D eigenvalue weighted by Crippen LogP contribution is -2.44. The summed E-state index contributed by atoms with van der Waals surface area (Å²) in [5.74, 6) is -2.49.